The van der Waals surface area contributed by atoms with Crippen molar-refractivity contribution in [1.29, 1.82) is 0 Å². The van der Waals surface area contributed by atoms with Gasteiger partial charge in [0.1, 0.15) is 0 Å². The Hall–Kier alpha value is -0.370. The Bertz CT molecular complexity index is 68.9. The molecule has 0 bridgehead atoms. The minimum atomic E-state index is -2.03. The zero-order valence-electron chi connectivity index (χ0n) is 4.93. The number of allylic oxidation sites excluding steroid dienone is 1. The van der Waals surface area contributed by atoms with Gasteiger partial charge in [0, 0.05) is 0 Å². The van der Waals surface area contributed by atoms with Crippen LogP contribution in [0, 0.1) is 0 Å². The summed E-state index contributed by atoms with van der Waals surface area (Å²) in [6.45, 7) is 1.97. The molecule has 1 atom stereocenters. The van der Waals surface area contributed by atoms with Crippen LogP contribution in [0.3, 0.4) is 0 Å². The maximum Gasteiger partial charge on any atom is 0.250 e. The fraction of sp³-hybridized carbons (Fsp3) is 0.667. The van der Waals surface area contributed by atoms with Gasteiger partial charge in [0.05, 0.1) is 0 Å². The van der Waals surface area contributed by atoms with Crippen LogP contribution in [0.2, 0.25) is 0 Å². The highest BCUT2D eigenvalue weighted by Crippen LogP contribution is 1.92. The fourth-order valence-corrected chi connectivity index (χ4v) is 0.370. The molecule has 0 aromatic rings. The number of hydrogen-bond donors (Lipinski definition) is 0. The molecule has 2 heteroatoms. The predicted molar refractivity (Wildman–Crippen MR) is 29.6 cm³/mol. The molecule has 0 saturated heterocycles. The third-order valence-electron chi connectivity index (χ3n) is 0.743. The van der Waals surface area contributed by atoms with Gasteiger partial charge >= 0.3 is 0 Å². The van der Waals surface area contributed by atoms with E-state index in [2.05, 4.69) is 0 Å². The van der Waals surface area contributed by atoms with Crippen molar-refractivity contribution in [3.05, 3.63) is 12.2 Å². The largest absolute Gasteiger partial charge is 0.250 e. The van der Waals surface area contributed by atoms with Crippen LogP contribution in [-0.2, 0) is 5.11 Å². The van der Waals surface area contributed by atoms with Crippen molar-refractivity contribution in [3.8, 4) is 0 Å². The van der Waals surface area contributed by atoms with E-state index in [0.29, 0.717) is 0 Å². The quantitative estimate of drug-likeness (QED) is 0.504. The Morgan fingerprint density at radius 3 is 2.75 bits per heavy atom. The maximum atomic E-state index is 11.4. The van der Waals surface area contributed by atoms with E-state index in [4.69, 9.17) is 0 Å². The molecule has 0 aliphatic heterocycles. The van der Waals surface area contributed by atoms with E-state index in [9.17, 15) is 9.50 Å². The second-order valence-electron chi connectivity index (χ2n) is 1.57. The Balaban J connectivity index is 3.07. The third-order valence-corrected chi connectivity index (χ3v) is 0.743. The molecule has 0 saturated carbocycles. The number of halogens is 1. The first kappa shape index (κ1) is 7.63. The molecule has 0 aliphatic rings. The smallest absolute Gasteiger partial charge is 0.208 e. The summed E-state index contributed by atoms with van der Waals surface area (Å²) in [6.07, 6.45) is 2.33. The van der Waals surface area contributed by atoms with E-state index in [1.54, 1.807) is 6.08 Å². The molecule has 1 nitrogen and oxygen atoms in total. The van der Waals surface area contributed by atoms with Gasteiger partial charge in [-0.3, -0.25) is 0 Å². The summed E-state index contributed by atoms with van der Waals surface area (Å²) in [5, 5.41) is 9.65. The summed E-state index contributed by atoms with van der Waals surface area (Å²) in [4.78, 5) is 0. The van der Waals surface area contributed by atoms with Crippen LogP contribution in [0.4, 0.5) is 4.39 Å². The van der Waals surface area contributed by atoms with Crippen LogP contribution in [0.1, 0.15) is 19.8 Å². The predicted octanol–water partition coefficient (Wildman–Crippen LogP) is 2.07. The fourth-order valence-electron chi connectivity index (χ4n) is 0.370. The normalized spacial score (nSPS) is 14.9. The van der Waals surface area contributed by atoms with Gasteiger partial charge in [-0.15, -0.1) is 0 Å². The molecule has 0 spiro atoms. The van der Waals surface area contributed by atoms with Crippen molar-refractivity contribution < 1.29 is 9.50 Å². The maximum absolute atomic E-state index is 11.4. The van der Waals surface area contributed by atoms with E-state index in [-0.39, 0.29) is 0 Å². The van der Waals surface area contributed by atoms with E-state index in [0.717, 1.165) is 18.9 Å². The standard InChI is InChI=1S/C6H10FO/c1-2-3-4-5-6(7)8/h4-6H,2-3H2,1H3/b5-4+. The minimum Gasteiger partial charge on any atom is -0.208 e. The topological polar surface area (TPSA) is 19.9 Å². The Labute approximate surface area is 48.8 Å². The summed E-state index contributed by atoms with van der Waals surface area (Å²) in [6, 6.07) is 0. The van der Waals surface area contributed by atoms with Crippen LogP contribution in [0.5, 0.6) is 0 Å². The van der Waals surface area contributed by atoms with Gasteiger partial charge in [0.15, 0.2) is 0 Å². The average molecular weight is 117 g/mol. The molecule has 47 valence electrons. The SMILES string of the molecule is CCC/C=C/C([O])F. The number of hydrogen-bond acceptors (Lipinski definition) is 0. The highest BCUT2D eigenvalue weighted by Gasteiger charge is 1.89. The highest BCUT2D eigenvalue weighted by molar-refractivity contribution is 4.82. The van der Waals surface area contributed by atoms with E-state index >= 15 is 0 Å². The lowest BCUT2D eigenvalue weighted by Gasteiger charge is -1.84. The monoisotopic (exact) mass is 117 g/mol. The molecule has 0 fully saturated rings. The Morgan fingerprint density at radius 1 is 1.75 bits per heavy atom. The molecule has 0 heterocycles. The first-order valence-corrected chi connectivity index (χ1v) is 2.74. The van der Waals surface area contributed by atoms with E-state index in [1.165, 1.54) is 0 Å². The van der Waals surface area contributed by atoms with Crippen LogP contribution >= 0.6 is 0 Å². The summed E-state index contributed by atoms with van der Waals surface area (Å²) >= 11 is 0. The second-order valence-corrected chi connectivity index (χ2v) is 1.57. The Morgan fingerprint density at radius 2 is 2.38 bits per heavy atom. The third kappa shape index (κ3) is 5.63. The molecule has 0 rings (SSSR count). The van der Waals surface area contributed by atoms with Crippen LogP contribution in [0.15, 0.2) is 12.2 Å². The van der Waals surface area contributed by atoms with Crippen molar-refractivity contribution in [1.82, 2.24) is 0 Å². The first-order chi connectivity index (χ1) is 3.77. The molecule has 1 radical (unpaired) electrons. The van der Waals surface area contributed by atoms with Crippen molar-refractivity contribution in [2.24, 2.45) is 0 Å². The zero-order chi connectivity index (χ0) is 6.41. The number of unbranched alkanes of at least 4 members (excludes halogenated alkanes) is 1. The molecule has 1 unspecified atom stereocenters. The van der Waals surface area contributed by atoms with Crippen LogP contribution in [-0.4, -0.2) is 6.36 Å². The molecule has 0 aromatic heterocycles. The lowest BCUT2D eigenvalue weighted by Crippen LogP contribution is -1.85. The van der Waals surface area contributed by atoms with Gasteiger partial charge in [0.25, 0.3) is 0 Å². The van der Waals surface area contributed by atoms with Gasteiger partial charge in [-0.2, -0.15) is 5.11 Å². The minimum absolute atomic E-state index is 0.794. The first-order valence-electron chi connectivity index (χ1n) is 2.74. The molecular weight excluding hydrogens is 107 g/mol. The van der Waals surface area contributed by atoms with Crippen molar-refractivity contribution in [3.63, 3.8) is 0 Å². The van der Waals surface area contributed by atoms with E-state index < -0.39 is 6.36 Å². The number of rotatable bonds is 3. The zero-order valence-corrected chi connectivity index (χ0v) is 4.93. The molecule has 0 N–H and O–H groups in total. The summed E-state index contributed by atoms with van der Waals surface area (Å²) < 4.78 is 11.4. The van der Waals surface area contributed by atoms with Gasteiger partial charge in [-0.1, -0.05) is 19.4 Å². The average Bonchev–Trinajstić information content (AvgIpc) is 1.66. The molecule has 0 aromatic carbocycles. The molecule has 8 heavy (non-hydrogen) atoms. The van der Waals surface area contributed by atoms with E-state index in [1.807, 2.05) is 6.92 Å². The highest BCUT2D eigenvalue weighted by atomic mass is 19.1. The van der Waals surface area contributed by atoms with Crippen LogP contribution in [0.25, 0.3) is 0 Å². The second kappa shape index (κ2) is 4.78. The van der Waals surface area contributed by atoms with Gasteiger partial charge in [0.2, 0.25) is 6.36 Å². The van der Waals surface area contributed by atoms with Gasteiger partial charge in [-0.25, -0.2) is 4.39 Å². The van der Waals surface area contributed by atoms with Gasteiger partial charge < -0.3 is 0 Å². The van der Waals surface area contributed by atoms with Crippen molar-refractivity contribution in [2.45, 2.75) is 26.1 Å². The molecular formula is C6H10FO. The summed E-state index contributed by atoms with van der Waals surface area (Å²) in [7, 11) is 0. The lowest BCUT2D eigenvalue weighted by molar-refractivity contribution is 0.0188. The summed E-state index contributed by atoms with van der Waals surface area (Å²) in [5.74, 6) is 0. The van der Waals surface area contributed by atoms with Gasteiger partial charge in [-0.05, 0) is 12.5 Å². The van der Waals surface area contributed by atoms with Crippen molar-refractivity contribution >= 4 is 0 Å². The number of alkyl halides is 1. The Kier molecular flexibility index (Phi) is 4.56. The van der Waals surface area contributed by atoms with Crippen LogP contribution < -0.4 is 0 Å². The molecule has 0 aliphatic carbocycles. The summed E-state index contributed by atoms with van der Waals surface area (Å²) in [5.41, 5.74) is 0. The molecule has 0 amide bonds. The van der Waals surface area contributed by atoms with Crippen molar-refractivity contribution in [2.75, 3.05) is 0 Å². The lowest BCUT2D eigenvalue weighted by atomic mass is 10.3.